The molecule has 1 fully saturated rings. The van der Waals surface area contributed by atoms with Crippen LogP contribution in [0.15, 0.2) is 16.7 Å². The van der Waals surface area contributed by atoms with Crippen LogP contribution in [-0.4, -0.2) is 23.0 Å². The molecule has 3 atom stereocenters. The lowest BCUT2D eigenvalue weighted by molar-refractivity contribution is 0.0664. The molecule has 1 aromatic heterocycles. The smallest absolute Gasteiger partial charge is 0.122 e. The summed E-state index contributed by atoms with van der Waals surface area (Å²) in [7, 11) is 0. The second-order valence-electron chi connectivity index (χ2n) is 7.96. The third-order valence-corrected chi connectivity index (χ3v) is 4.71. The molecule has 120 valence electrons. The Morgan fingerprint density at radius 2 is 2.00 bits per heavy atom. The van der Waals surface area contributed by atoms with E-state index in [1.807, 2.05) is 6.26 Å². The lowest BCUT2D eigenvalue weighted by Gasteiger charge is -2.40. The fourth-order valence-electron chi connectivity index (χ4n) is 3.25. The van der Waals surface area contributed by atoms with Crippen LogP contribution in [0.5, 0.6) is 0 Å². The summed E-state index contributed by atoms with van der Waals surface area (Å²) in [6, 6.07) is 2.74. The van der Waals surface area contributed by atoms with Crippen molar-refractivity contribution >= 4 is 0 Å². The van der Waals surface area contributed by atoms with Gasteiger partial charge >= 0.3 is 0 Å². The highest BCUT2D eigenvalue weighted by Crippen LogP contribution is 2.29. The van der Waals surface area contributed by atoms with E-state index < -0.39 is 0 Å². The van der Waals surface area contributed by atoms with E-state index in [0.717, 1.165) is 30.7 Å². The fourth-order valence-corrected chi connectivity index (χ4v) is 3.25. The third-order valence-electron chi connectivity index (χ3n) is 4.71. The summed E-state index contributed by atoms with van der Waals surface area (Å²) in [4.78, 5) is 2.58. The predicted molar refractivity (Wildman–Crippen MR) is 88.1 cm³/mol. The monoisotopic (exact) mass is 292 g/mol. The van der Waals surface area contributed by atoms with Gasteiger partial charge in [0, 0.05) is 30.2 Å². The Bertz CT molecular complexity index is 446. The zero-order chi connectivity index (χ0) is 15.6. The second kappa shape index (κ2) is 6.53. The maximum atomic E-state index is 5.77. The van der Waals surface area contributed by atoms with Gasteiger partial charge in [0.15, 0.2) is 0 Å². The molecule has 0 bridgehead atoms. The lowest BCUT2D eigenvalue weighted by Crippen LogP contribution is -2.45. The van der Waals surface area contributed by atoms with E-state index in [9.17, 15) is 0 Å². The average Bonchev–Trinajstić information content (AvgIpc) is 2.79. The molecule has 1 saturated heterocycles. The van der Waals surface area contributed by atoms with Crippen LogP contribution in [-0.2, 0) is 13.1 Å². The summed E-state index contributed by atoms with van der Waals surface area (Å²) >= 11 is 0. The minimum absolute atomic E-state index is 0.135. The summed E-state index contributed by atoms with van der Waals surface area (Å²) in [5.41, 5.74) is 1.43. The maximum Gasteiger partial charge on any atom is 0.122 e. The van der Waals surface area contributed by atoms with Gasteiger partial charge in [-0.3, -0.25) is 4.90 Å². The molecule has 1 aliphatic heterocycles. The topological polar surface area (TPSA) is 28.4 Å². The standard InChI is InChI=1S/C18H32N2O/c1-13-9-14(2)15(3)20(11-13)12-17-16(7-8-21-17)10-19-18(4,5)6/h7-8,13-15,19H,9-12H2,1-6H3. The third kappa shape index (κ3) is 4.58. The summed E-state index contributed by atoms with van der Waals surface area (Å²) < 4.78 is 5.77. The highest BCUT2D eigenvalue weighted by atomic mass is 16.3. The molecular weight excluding hydrogens is 260 g/mol. The van der Waals surface area contributed by atoms with E-state index >= 15 is 0 Å². The van der Waals surface area contributed by atoms with Crippen LogP contribution in [0.4, 0.5) is 0 Å². The number of hydrogen-bond donors (Lipinski definition) is 1. The summed E-state index contributed by atoms with van der Waals surface area (Å²) in [5.74, 6) is 2.67. The minimum Gasteiger partial charge on any atom is -0.468 e. The molecule has 1 aromatic rings. The van der Waals surface area contributed by atoms with E-state index in [1.54, 1.807) is 0 Å². The molecule has 0 radical (unpaired) electrons. The molecule has 1 N–H and O–H groups in total. The van der Waals surface area contributed by atoms with Gasteiger partial charge in [-0.1, -0.05) is 13.8 Å². The van der Waals surface area contributed by atoms with Crippen molar-refractivity contribution in [3.8, 4) is 0 Å². The first kappa shape index (κ1) is 16.6. The number of hydrogen-bond acceptors (Lipinski definition) is 3. The zero-order valence-corrected chi connectivity index (χ0v) is 14.6. The number of nitrogens with one attached hydrogen (secondary N) is 1. The van der Waals surface area contributed by atoms with Crippen LogP contribution < -0.4 is 5.32 Å². The molecule has 2 heterocycles. The first-order chi connectivity index (χ1) is 9.76. The van der Waals surface area contributed by atoms with Crippen molar-refractivity contribution in [1.82, 2.24) is 10.2 Å². The van der Waals surface area contributed by atoms with E-state index in [4.69, 9.17) is 4.42 Å². The Kier molecular flexibility index (Phi) is 5.15. The molecule has 3 unspecified atom stereocenters. The van der Waals surface area contributed by atoms with Crippen LogP contribution in [0.25, 0.3) is 0 Å². The molecule has 21 heavy (non-hydrogen) atoms. The molecule has 0 saturated carbocycles. The minimum atomic E-state index is 0.135. The van der Waals surface area contributed by atoms with E-state index in [2.05, 4.69) is 57.8 Å². The normalized spacial score (nSPS) is 28.0. The van der Waals surface area contributed by atoms with Gasteiger partial charge in [-0.15, -0.1) is 0 Å². The number of rotatable bonds is 4. The van der Waals surface area contributed by atoms with Crippen molar-refractivity contribution < 1.29 is 4.42 Å². The highest BCUT2D eigenvalue weighted by Gasteiger charge is 2.29. The Labute approximate surface area is 130 Å². The Hall–Kier alpha value is -0.800. The molecule has 0 aromatic carbocycles. The van der Waals surface area contributed by atoms with Crippen molar-refractivity contribution in [2.24, 2.45) is 11.8 Å². The van der Waals surface area contributed by atoms with E-state index in [0.29, 0.717) is 6.04 Å². The van der Waals surface area contributed by atoms with Crippen molar-refractivity contribution in [2.45, 2.75) is 72.6 Å². The summed E-state index contributed by atoms with van der Waals surface area (Å²) in [6.45, 7) is 16.7. The molecule has 3 heteroatoms. The number of furan rings is 1. The lowest BCUT2D eigenvalue weighted by atomic mass is 9.86. The first-order valence-corrected chi connectivity index (χ1v) is 8.30. The number of likely N-dealkylation sites (tertiary alicyclic amines) is 1. The van der Waals surface area contributed by atoms with Crippen LogP contribution >= 0.6 is 0 Å². The van der Waals surface area contributed by atoms with Gasteiger partial charge in [0.05, 0.1) is 12.8 Å². The van der Waals surface area contributed by atoms with Gasteiger partial charge in [0.25, 0.3) is 0 Å². The zero-order valence-electron chi connectivity index (χ0n) is 14.6. The van der Waals surface area contributed by atoms with Gasteiger partial charge < -0.3 is 9.73 Å². The Morgan fingerprint density at radius 3 is 2.67 bits per heavy atom. The maximum absolute atomic E-state index is 5.77. The van der Waals surface area contributed by atoms with Crippen LogP contribution in [0, 0.1) is 11.8 Å². The summed E-state index contributed by atoms with van der Waals surface area (Å²) in [6.07, 6.45) is 3.17. The number of piperidine rings is 1. The van der Waals surface area contributed by atoms with E-state index in [-0.39, 0.29) is 5.54 Å². The van der Waals surface area contributed by atoms with E-state index in [1.165, 1.54) is 18.5 Å². The predicted octanol–water partition coefficient (Wildman–Crippen LogP) is 4.03. The average molecular weight is 292 g/mol. The van der Waals surface area contributed by atoms with Crippen molar-refractivity contribution in [3.63, 3.8) is 0 Å². The van der Waals surface area contributed by atoms with Crippen molar-refractivity contribution in [1.29, 1.82) is 0 Å². The first-order valence-electron chi connectivity index (χ1n) is 8.30. The van der Waals surface area contributed by atoms with Gasteiger partial charge in [-0.05, 0) is 52.0 Å². The molecular formula is C18H32N2O. The Balaban J connectivity index is 2.01. The van der Waals surface area contributed by atoms with Crippen LogP contribution in [0.1, 0.15) is 59.3 Å². The molecule has 1 aliphatic rings. The Morgan fingerprint density at radius 1 is 1.29 bits per heavy atom. The van der Waals surface area contributed by atoms with Crippen molar-refractivity contribution in [2.75, 3.05) is 6.54 Å². The number of nitrogens with zero attached hydrogens (tertiary/aromatic N) is 1. The molecule has 0 spiro atoms. The molecule has 2 rings (SSSR count). The largest absolute Gasteiger partial charge is 0.468 e. The van der Waals surface area contributed by atoms with Crippen LogP contribution in [0.2, 0.25) is 0 Å². The highest BCUT2D eigenvalue weighted by molar-refractivity contribution is 5.17. The van der Waals surface area contributed by atoms with Crippen molar-refractivity contribution in [3.05, 3.63) is 23.7 Å². The van der Waals surface area contributed by atoms with Gasteiger partial charge in [-0.25, -0.2) is 0 Å². The molecule has 0 aliphatic carbocycles. The SMILES string of the molecule is CC1CC(C)C(C)N(Cc2occc2CNC(C)(C)C)C1. The fraction of sp³-hybridized carbons (Fsp3) is 0.778. The van der Waals surface area contributed by atoms with Gasteiger partial charge in [-0.2, -0.15) is 0 Å². The van der Waals surface area contributed by atoms with Crippen LogP contribution in [0.3, 0.4) is 0 Å². The van der Waals surface area contributed by atoms with Gasteiger partial charge in [0.2, 0.25) is 0 Å². The van der Waals surface area contributed by atoms with Gasteiger partial charge in [0.1, 0.15) is 5.76 Å². The second-order valence-corrected chi connectivity index (χ2v) is 7.96. The molecule has 3 nitrogen and oxygen atoms in total. The quantitative estimate of drug-likeness (QED) is 0.908. The molecule has 0 amide bonds. The summed E-state index contributed by atoms with van der Waals surface area (Å²) in [5, 5.41) is 3.55.